The molecule has 116 valence electrons. The van der Waals surface area contributed by atoms with Gasteiger partial charge in [0.25, 0.3) is 6.43 Å². The Morgan fingerprint density at radius 3 is 2.42 bits per heavy atom. The number of alkyl halides is 2. The van der Waals surface area contributed by atoms with E-state index in [9.17, 15) is 17.2 Å². The molecule has 0 bridgehead atoms. The maximum absolute atomic E-state index is 11.7. The maximum Gasteiger partial charge on any atom is 0.261 e. The highest BCUT2D eigenvalue weighted by Gasteiger charge is 2.09. The molecule has 2 N–H and O–H groups in total. The molecule has 0 spiro atoms. The molecule has 0 rings (SSSR count). The molecule has 0 saturated carbocycles. The molecule has 0 fully saturated rings. The van der Waals surface area contributed by atoms with Gasteiger partial charge in [0.05, 0.1) is 12.4 Å². The van der Waals surface area contributed by atoms with Crippen molar-refractivity contribution in [2.24, 2.45) is 0 Å². The van der Waals surface area contributed by atoms with Gasteiger partial charge in [0.15, 0.2) is 0 Å². The summed E-state index contributed by atoms with van der Waals surface area (Å²) >= 11 is 0. The second kappa shape index (κ2) is 10.5. The summed E-state index contributed by atoms with van der Waals surface area (Å²) in [5.74, 6) is 0.0433. The van der Waals surface area contributed by atoms with Crippen molar-refractivity contribution >= 4 is 10.0 Å². The van der Waals surface area contributed by atoms with Crippen molar-refractivity contribution in [2.75, 3.05) is 32.1 Å². The molecule has 0 radical (unpaired) electrons. The van der Waals surface area contributed by atoms with E-state index < -0.39 is 23.1 Å². The fourth-order valence-corrected chi connectivity index (χ4v) is 2.44. The van der Waals surface area contributed by atoms with Crippen molar-refractivity contribution in [3.05, 3.63) is 0 Å². The van der Waals surface area contributed by atoms with Crippen LogP contribution >= 0.6 is 0 Å². The van der Waals surface area contributed by atoms with Crippen LogP contribution in [0.3, 0.4) is 0 Å². The second-order valence-corrected chi connectivity index (χ2v) is 6.42. The Hall–Kier alpha value is -0.310. The van der Waals surface area contributed by atoms with Crippen molar-refractivity contribution in [1.29, 1.82) is 0 Å². The van der Waals surface area contributed by atoms with E-state index in [1.54, 1.807) is 0 Å². The fraction of sp³-hybridized carbons (Fsp3) is 1.00. The number of halogens is 2. The van der Waals surface area contributed by atoms with Gasteiger partial charge in [-0.05, 0) is 19.4 Å². The molecule has 0 aromatic carbocycles. The Balaban J connectivity index is 3.53. The van der Waals surface area contributed by atoms with Gasteiger partial charge in [-0.3, -0.25) is 0 Å². The zero-order valence-corrected chi connectivity index (χ0v) is 12.3. The summed E-state index contributed by atoms with van der Waals surface area (Å²) in [6.07, 6.45) is -1.18. The number of nitrogens with one attached hydrogen (secondary N) is 2. The highest BCUT2D eigenvalue weighted by atomic mass is 32.2. The highest BCUT2D eigenvalue weighted by molar-refractivity contribution is 7.89. The van der Waals surface area contributed by atoms with Crippen LogP contribution in [-0.4, -0.2) is 52.9 Å². The van der Waals surface area contributed by atoms with Gasteiger partial charge in [-0.1, -0.05) is 13.8 Å². The molecule has 8 heteroatoms. The van der Waals surface area contributed by atoms with Crippen LogP contribution in [0.15, 0.2) is 0 Å². The van der Waals surface area contributed by atoms with Crippen molar-refractivity contribution in [3.8, 4) is 0 Å². The van der Waals surface area contributed by atoms with Crippen LogP contribution < -0.4 is 10.0 Å². The first kappa shape index (κ1) is 18.7. The largest absolute Gasteiger partial charge is 0.374 e. The van der Waals surface area contributed by atoms with Gasteiger partial charge in [0.1, 0.15) is 6.61 Å². The minimum atomic E-state index is -3.33. The fourth-order valence-electron chi connectivity index (χ4n) is 1.32. The van der Waals surface area contributed by atoms with Gasteiger partial charge >= 0.3 is 0 Å². The Morgan fingerprint density at radius 1 is 1.16 bits per heavy atom. The summed E-state index contributed by atoms with van der Waals surface area (Å²) in [5.41, 5.74) is 0. The average Bonchev–Trinajstić information content (AvgIpc) is 2.27. The second-order valence-electron chi connectivity index (χ2n) is 4.50. The van der Waals surface area contributed by atoms with Crippen LogP contribution in [-0.2, 0) is 14.8 Å². The van der Waals surface area contributed by atoms with E-state index in [1.165, 1.54) is 0 Å². The standard InChI is InChI=1S/C11H24F2N2O3S/c1-10(2)14-5-3-4-8-19(16,17)15-6-7-18-9-11(12)13/h10-11,14-15H,3-9H2,1-2H3. The molecule has 0 heterocycles. The van der Waals surface area contributed by atoms with Gasteiger partial charge in [-0.2, -0.15) is 0 Å². The molecule has 0 aromatic rings. The monoisotopic (exact) mass is 302 g/mol. The van der Waals surface area contributed by atoms with Crippen LogP contribution in [0.4, 0.5) is 8.78 Å². The third-order valence-corrected chi connectivity index (χ3v) is 3.67. The van der Waals surface area contributed by atoms with Crippen LogP contribution in [0, 0.1) is 0 Å². The topological polar surface area (TPSA) is 67.4 Å². The lowest BCUT2D eigenvalue weighted by atomic mass is 10.3. The number of rotatable bonds is 12. The summed E-state index contributed by atoms with van der Waals surface area (Å²) in [6.45, 7) is 4.15. The molecular weight excluding hydrogens is 278 g/mol. The smallest absolute Gasteiger partial charge is 0.261 e. The molecule has 0 aliphatic carbocycles. The van der Waals surface area contributed by atoms with E-state index in [-0.39, 0.29) is 18.9 Å². The first-order valence-electron chi connectivity index (χ1n) is 6.40. The highest BCUT2D eigenvalue weighted by Crippen LogP contribution is 1.95. The lowest BCUT2D eigenvalue weighted by Gasteiger charge is -2.09. The number of unbranched alkanes of at least 4 members (excludes halogenated alkanes) is 1. The zero-order chi connectivity index (χ0) is 14.7. The summed E-state index contributed by atoms with van der Waals surface area (Å²) in [4.78, 5) is 0. The number of ether oxygens (including phenoxy) is 1. The van der Waals surface area contributed by atoms with E-state index >= 15 is 0 Å². The average molecular weight is 302 g/mol. The van der Waals surface area contributed by atoms with Crippen molar-refractivity contribution in [3.63, 3.8) is 0 Å². The quantitative estimate of drug-likeness (QED) is 0.527. The van der Waals surface area contributed by atoms with E-state index in [0.29, 0.717) is 12.5 Å². The SMILES string of the molecule is CC(C)NCCCCS(=O)(=O)NCCOCC(F)F. The minimum absolute atomic E-state index is 0.0271. The number of hydrogen-bond donors (Lipinski definition) is 2. The van der Waals surface area contributed by atoms with Gasteiger partial charge < -0.3 is 10.1 Å². The van der Waals surface area contributed by atoms with Gasteiger partial charge in [0, 0.05) is 12.6 Å². The van der Waals surface area contributed by atoms with Crippen LogP contribution in [0.1, 0.15) is 26.7 Å². The molecule has 0 aliphatic heterocycles. The Kier molecular flexibility index (Phi) is 10.3. The Bertz CT molecular complexity index is 287. The molecule has 0 saturated heterocycles. The zero-order valence-electron chi connectivity index (χ0n) is 11.5. The lowest BCUT2D eigenvalue weighted by Crippen LogP contribution is -2.30. The van der Waals surface area contributed by atoms with Gasteiger partial charge in [0.2, 0.25) is 10.0 Å². The predicted molar refractivity (Wildman–Crippen MR) is 71.0 cm³/mol. The third kappa shape index (κ3) is 13.9. The minimum Gasteiger partial charge on any atom is -0.374 e. The van der Waals surface area contributed by atoms with Gasteiger partial charge in [-0.15, -0.1) is 0 Å². The van der Waals surface area contributed by atoms with E-state index in [1.807, 2.05) is 13.8 Å². The molecule has 0 atom stereocenters. The molecule has 0 amide bonds. The summed E-state index contributed by atoms with van der Waals surface area (Å²) < 4.78 is 53.3. The summed E-state index contributed by atoms with van der Waals surface area (Å²) in [6, 6.07) is 0.390. The maximum atomic E-state index is 11.7. The Morgan fingerprint density at radius 2 is 1.84 bits per heavy atom. The van der Waals surface area contributed by atoms with Crippen molar-refractivity contribution < 1.29 is 21.9 Å². The van der Waals surface area contributed by atoms with Crippen LogP contribution in [0.5, 0.6) is 0 Å². The first-order chi connectivity index (χ1) is 8.83. The lowest BCUT2D eigenvalue weighted by molar-refractivity contribution is 0.0199. The van der Waals surface area contributed by atoms with Crippen LogP contribution in [0.2, 0.25) is 0 Å². The number of sulfonamides is 1. The molecule has 19 heavy (non-hydrogen) atoms. The molecule has 5 nitrogen and oxygen atoms in total. The molecule has 0 aliphatic rings. The predicted octanol–water partition coefficient (Wildman–Crippen LogP) is 0.966. The van der Waals surface area contributed by atoms with E-state index in [2.05, 4.69) is 14.8 Å². The van der Waals surface area contributed by atoms with Gasteiger partial charge in [-0.25, -0.2) is 21.9 Å². The third-order valence-electron chi connectivity index (χ3n) is 2.20. The first-order valence-corrected chi connectivity index (χ1v) is 8.05. The van der Waals surface area contributed by atoms with Crippen LogP contribution in [0.25, 0.3) is 0 Å². The molecule has 0 unspecified atom stereocenters. The molecular formula is C11H24F2N2O3S. The summed E-state index contributed by atoms with van der Waals surface area (Å²) in [5, 5.41) is 3.20. The number of hydrogen-bond acceptors (Lipinski definition) is 4. The van der Waals surface area contributed by atoms with E-state index in [0.717, 1.165) is 13.0 Å². The normalized spacial score (nSPS) is 12.5. The van der Waals surface area contributed by atoms with Crippen molar-refractivity contribution in [1.82, 2.24) is 10.0 Å². The Labute approximate surface area is 114 Å². The molecule has 0 aromatic heterocycles. The summed E-state index contributed by atoms with van der Waals surface area (Å²) in [7, 11) is -3.33. The van der Waals surface area contributed by atoms with E-state index in [4.69, 9.17) is 0 Å². The van der Waals surface area contributed by atoms with Crippen molar-refractivity contribution in [2.45, 2.75) is 39.2 Å².